The van der Waals surface area contributed by atoms with Crippen LogP contribution in [0.2, 0.25) is 0 Å². The summed E-state index contributed by atoms with van der Waals surface area (Å²) < 4.78 is 0.527. The number of piperidine rings is 1. The molecule has 2 heterocycles. The van der Waals surface area contributed by atoms with Crippen molar-refractivity contribution in [1.29, 1.82) is 0 Å². The monoisotopic (exact) mass is 364 g/mol. The van der Waals surface area contributed by atoms with Crippen LogP contribution in [-0.2, 0) is 4.79 Å². The van der Waals surface area contributed by atoms with Crippen molar-refractivity contribution in [3.63, 3.8) is 0 Å². The lowest BCUT2D eigenvalue weighted by Crippen LogP contribution is -2.41. The number of amides is 2. The highest BCUT2D eigenvalue weighted by molar-refractivity contribution is 8.19. The van der Waals surface area contributed by atoms with E-state index in [1.54, 1.807) is 6.92 Å². The van der Waals surface area contributed by atoms with Crippen molar-refractivity contribution in [1.82, 2.24) is 10.2 Å². The Labute approximate surface area is 152 Å². The fourth-order valence-corrected chi connectivity index (χ4v) is 6.00. The molecule has 1 aromatic rings. The van der Waals surface area contributed by atoms with Gasteiger partial charge in [0.15, 0.2) is 0 Å². The van der Waals surface area contributed by atoms with Crippen LogP contribution in [0.4, 0.5) is 0 Å². The molecule has 0 aliphatic carbocycles. The number of thioether (sulfide) groups is 2. The average molecular weight is 365 g/mol. The van der Waals surface area contributed by atoms with Crippen LogP contribution in [0.5, 0.6) is 0 Å². The molecule has 0 saturated carbocycles. The fourth-order valence-electron chi connectivity index (χ4n) is 3.14. The lowest BCUT2D eigenvalue weighted by molar-refractivity contribution is -0.119. The SMILES string of the molecule is CC(=O)NCC1CCN(C(=O)c2ccc(C3SCCS3)cc2)CC1. The summed E-state index contributed by atoms with van der Waals surface area (Å²) in [7, 11) is 0. The topological polar surface area (TPSA) is 49.4 Å². The van der Waals surface area contributed by atoms with E-state index >= 15 is 0 Å². The van der Waals surface area contributed by atoms with Crippen LogP contribution in [-0.4, -0.2) is 47.9 Å². The predicted octanol–water partition coefficient (Wildman–Crippen LogP) is 3.15. The van der Waals surface area contributed by atoms with Crippen LogP contribution in [0.15, 0.2) is 24.3 Å². The van der Waals surface area contributed by atoms with E-state index < -0.39 is 0 Å². The van der Waals surface area contributed by atoms with E-state index in [1.165, 1.54) is 17.1 Å². The Morgan fingerprint density at radius 2 is 1.75 bits per heavy atom. The summed E-state index contributed by atoms with van der Waals surface area (Å²) in [4.78, 5) is 25.6. The molecule has 1 aromatic carbocycles. The first-order valence-electron chi connectivity index (χ1n) is 8.50. The van der Waals surface area contributed by atoms with E-state index in [2.05, 4.69) is 17.4 Å². The number of benzene rings is 1. The number of nitrogens with one attached hydrogen (secondary N) is 1. The summed E-state index contributed by atoms with van der Waals surface area (Å²) in [5.41, 5.74) is 2.10. The summed E-state index contributed by atoms with van der Waals surface area (Å²) in [5, 5.41) is 2.88. The Morgan fingerprint density at radius 1 is 1.12 bits per heavy atom. The molecule has 0 atom stereocenters. The highest BCUT2D eigenvalue weighted by Gasteiger charge is 2.24. The molecule has 3 rings (SSSR count). The van der Waals surface area contributed by atoms with E-state index in [1.807, 2.05) is 40.6 Å². The Balaban J connectivity index is 1.52. The summed E-state index contributed by atoms with van der Waals surface area (Å²) >= 11 is 3.96. The van der Waals surface area contributed by atoms with Gasteiger partial charge in [0.2, 0.25) is 5.91 Å². The highest BCUT2D eigenvalue weighted by Crippen LogP contribution is 2.45. The molecule has 0 aromatic heterocycles. The predicted molar refractivity (Wildman–Crippen MR) is 101 cm³/mol. The molecule has 6 heteroatoms. The molecule has 2 aliphatic rings. The van der Waals surface area contributed by atoms with E-state index in [0.717, 1.165) is 38.0 Å². The highest BCUT2D eigenvalue weighted by atomic mass is 32.2. The molecule has 24 heavy (non-hydrogen) atoms. The molecule has 0 spiro atoms. The van der Waals surface area contributed by atoms with E-state index in [9.17, 15) is 9.59 Å². The largest absolute Gasteiger partial charge is 0.356 e. The quantitative estimate of drug-likeness (QED) is 0.892. The third-order valence-electron chi connectivity index (χ3n) is 4.59. The van der Waals surface area contributed by atoms with Gasteiger partial charge in [0.05, 0.1) is 4.58 Å². The van der Waals surface area contributed by atoms with E-state index in [0.29, 0.717) is 10.5 Å². The van der Waals surface area contributed by atoms with Crippen LogP contribution >= 0.6 is 23.5 Å². The molecule has 0 radical (unpaired) electrons. The maximum Gasteiger partial charge on any atom is 0.253 e. The van der Waals surface area contributed by atoms with Crippen molar-refractivity contribution in [3.8, 4) is 0 Å². The van der Waals surface area contributed by atoms with Gasteiger partial charge in [-0.25, -0.2) is 0 Å². The fraction of sp³-hybridized carbons (Fsp3) is 0.556. The number of rotatable bonds is 4. The molecule has 2 amide bonds. The van der Waals surface area contributed by atoms with Crippen LogP contribution in [0.3, 0.4) is 0 Å². The lowest BCUT2D eigenvalue weighted by Gasteiger charge is -2.32. The standard InChI is InChI=1S/C18H24N2O2S2/c1-13(21)19-12-14-6-8-20(9-7-14)17(22)15-2-4-16(5-3-15)18-23-10-11-24-18/h2-5,14,18H,6-12H2,1H3,(H,19,21). The van der Waals surface area contributed by atoms with Crippen molar-refractivity contribution in [2.75, 3.05) is 31.1 Å². The summed E-state index contributed by atoms with van der Waals surface area (Å²) in [6.45, 7) is 3.83. The van der Waals surface area contributed by atoms with Crippen LogP contribution < -0.4 is 5.32 Å². The van der Waals surface area contributed by atoms with Gasteiger partial charge in [-0.05, 0) is 36.5 Å². The van der Waals surface area contributed by atoms with E-state index in [-0.39, 0.29) is 11.8 Å². The van der Waals surface area contributed by atoms with Crippen molar-refractivity contribution in [3.05, 3.63) is 35.4 Å². The van der Waals surface area contributed by atoms with Crippen LogP contribution in [0.1, 0.15) is 40.3 Å². The third-order valence-corrected chi connectivity index (χ3v) is 7.70. The maximum atomic E-state index is 12.7. The molecule has 1 N–H and O–H groups in total. The molecule has 4 nitrogen and oxygen atoms in total. The van der Waals surface area contributed by atoms with Crippen molar-refractivity contribution in [2.45, 2.75) is 24.3 Å². The minimum absolute atomic E-state index is 0.0205. The second-order valence-electron chi connectivity index (χ2n) is 6.37. The normalized spacial score (nSPS) is 19.5. The summed E-state index contributed by atoms with van der Waals surface area (Å²) in [5.74, 6) is 3.06. The number of hydrogen-bond acceptors (Lipinski definition) is 4. The van der Waals surface area contributed by atoms with Gasteiger partial charge in [0.25, 0.3) is 5.91 Å². The summed E-state index contributed by atoms with van der Waals surface area (Å²) in [6, 6.07) is 8.15. The Morgan fingerprint density at radius 3 is 2.33 bits per heavy atom. The molecule has 130 valence electrons. The zero-order valence-electron chi connectivity index (χ0n) is 14.0. The summed E-state index contributed by atoms with van der Waals surface area (Å²) in [6.07, 6.45) is 1.92. The second kappa shape index (κ2) is 8.30. The molecule has 0 bridgehead atoms. The first-order chi connectivity index (χ1) is 11.6. The first-order valence-corrected chi connectivity index (χ1v) is 10.6. The minimum Gasteiger partial charge on any atom is -0.356 e. The van der Waals surface area contributed by atoms with Crippen molar-refractivity contribution < 1.29 is 9.59 Å². The molecule has 0 unspecified atom stereocenters. The Kier molecular flexibility index (Phi) is 6.11. The average Bonchev–Trinajstić information content (AvgIpc) is 3.14. The van der Waals surface area contributed by atoms with Crippen molar-refractivity contribution >= 4 is 35.3 Å². The van der Waals surface area contributed by atoms with Gasteiger partial charge in [0, 0.05) is 43.6 Å². The van der Waals surface area contributed by atoms with Crippen LogP contribution in [0, 0.1) is 5.92 Å². The molecule has 2 aliphatic heterocycles. The Hall–Kier alpha value is -1.14. The zero-order valence-corrected chi connectivity index (χ0v) is 15.6. The number of hydrogen-bond donors (Lipinski definition) is 1. The minimum atomic E-state index is 0.0205. The van der Waals surface area contributed by atoms with Gasteiger partial charge < -0.3 is 10.2 Å². The lowest BCUT2D eigenvalue weighted by atomic mass is 9.96. The van der Waals surface area contributed by atoms with Crippen LogP contribution in [0.25, 0.3) is 0 Å². The van der Waals surface area contributed by atoms with Gasteiger partial charge in [-0.2, -0.15) is 0 Å². The van der Waals surface area contributed by atoms with Gasteiger partial charge in [-0.3, -0.25) is 9.59 Å². The van der Waals surface area contributed by atoms with Gasteiger partial charge >= 0.3 is 0 Å². The van der Waals surface area contributed by atoms with Gasteiger partial charge in [-0.1, -0.05) is 12.1 Å². The molecular formula is C18H24N2O2S2. The smallest absolute Gasteiger partial charge is 0.253 e. The third kappa shape index (κ3) is 4.48. The number of nitrogens with zero attached hydrogens (tertiary/aromatic N) is 1. The van der Waals surface area contributed by atoms with E-state index in [4.69, 9.17) is 0 Å². The van der Waals surface area contributed by atoms with Crippen molar-refractivity contribution in [2.24, 2.45) is 5.92 Å². The zero-order chi connectivity index (χ0) is 16.9. The number of carbonyl (C=O) groups is 2. The number of carbonyl (C=O) groups excluding carboxylic acids is 2. The number of likely N-dealkylation sites (tertiary alicyclic amines) is 1. The molecule has 2 fully saturated rings. The second-order valence-corrected chi connectivity index (χ2v) is 9.09. The van der Waals surface area contributed by atoms with Gasteiger partial charge in [0.1, 0.15) is 0 Å². The first kappa shape index (κ1) is 17.7. The Bertz CT molecular complexity index is 577. The maximum absolute atomic E-state index is 12.7. The molecule has 2 saturated heterocycles. The molecular weight excluding hydrogens is 340 g/mol. The van der Waals surface area contributed by atoms with Gasteiger partial charge in [-0.15, -0.1) is 23.5 Å².